The van der Waals surface area contributed by atoms with Crippen molar-refractivity contribution in [1.29, 1.82) is 0 Å². The van der Waals surface area contributed by atoms with Crippen LogP contribution in [-0.4, -0.2) is 24.4 Å². The number of primary amides is 1. The lowest BCUT2D eigenvalue weighted by atomic mass is 10.1. The first kappa shape index (κ1) is 16.3. The third-order valence-electron chi connectivity index (χ3n) is 3.70. The molecule has 3 rings (SSSR count). The van der Waals surface area contributed by atoms with E-state index < -0.39 is 17.8 Å². The number of anilines is 1. The molecule has 0 saturated heterocycles. The molecule has 0 aliphatic heterocycles. The van der Waals surface area contributed by atoms with Crippen LogP contribution in [0, 0.1) is 0 Å². The van der Waals surface area contributed by atoms with Gasteiger partial charge in [0.15, 0.2) is 11.5 Å². The van der Waals surface area contributed by atoms with Crippen molar-refractivity contribution in [2.45, 2.75) is 26.2 Å². The van der Waals surface area contributed by atoms with Gasteiger partial charge in [0.05, 0.1) is 12.2 Å². The van der Waals surface area contributed by atoms with E-state index in [9.17, 15) is 14.4 Å². The first-order valence-electron chi connectivity index (χ1n) is 7.54. The highest BCUT2D eigenvalue weighted by Gasteiger charge is 2.29. The van der Waals surface area contributed by atoms with Gasteiger partial charge in [-0.25, -0.2) is 4.79 Å². The van der Waals surface area contributed by atoms with Crippen molar-refractivity contribution in [3.8, 4) is 0 Å². The van der Waals surface area contributed by atoms with Crippen LogP contribution in [0.25, 0.3) is 0 Å². The summed E-state index contributed by atoms with van der Waals surface area (Å²) in [6, 6.07) is 2.69. The number of nitrogens with two attached hydrogens (primary N) is 1. The number of hydrogen-bond donors (Lipinski definition) is 2. The standard InChI is InChI=1S/C16H16N2O5S/c1-2-22-16(21)12-8-4-3-5-11(8)24-15(12)18-14(20)10-7-6-9(23-10)13(17)19/h6-7H,2-5H2,1H3,(H2,17,19)(H,18,20). The Kier molecular flexibility index (Phi) is 4.39. The molecular weight excluding hydrogens is 332 g/mol. The van der Waals surface area contributed by atoms with Crippen LogP contribution in [0.1, 0.15) is 55.3 Å². The molecule has 0 spiro atoms. The molecule has 1 aliphatic rings. The van der Waals surface area contributed by atoms with E-state index in [0.29, 0.717) is 10.6 Å². The Hall–Kier alpha value is -2.61. The van der Waals surface area contributed by atoms with E-state index in [1.807, 2.05) is 0 Å². The second-order valence-electron chi connectivity index (χ2n) is 5.26. The third kappa shape index (κ3) is 2.92. The molecule has 3 N–H and O–H groups in total. The van der Waals surface area contributed by atoms with Gasteiger partial charge in [-0.3, -0.25) is 9.59 Å². The summed E-state index contributed by atoms with van der Waals surface area (Å²) in [5, 5.41) is 3.13. The van der Waals surface area contributed by atoms with E-state index in [2.05, 4.69) is 5.32 Å². The fourth-order valence-corrected chi connectivity index (χ4v) is 3.94. The Bertz CT molecular complexity index is 821. The van der Waals surface area contributed by atoms with Crippen LogP contribution >= 0.6 is 11.3 Å². The SMILES string of the molecule is CCOC(=O)c1c(NC(=O)c2ccc(C(N)=O)o2)sc2c1CCC2. The highest BCUT2D eigenvalue weighted by atomic mass is 32.1. The van der Waals surface area contributed by atoms with E-state index in [1.165, 1.54) is 23.5 Å². The molecule has 24 heavy (non-hydrogen) atoms. The van der Waals surface area contributed by atoms with Gasteiger partial charge in [-0.2, -0.15) is 0 Å². The molecule has 0 bridgehead atoms. The van der Waals surface area contributed by atoms with Crippen molar-refractivity contribution in [3.63, 3.8) is 0 Å². The average molecular weight is 348 g/mol. The number of thiophene rings is 1. The maximum Gasteiger partial charge on any atom is 0.341 e. The number of carbonyl (C=O) groups is 3. The highest BCUT2D eigenvalue weighted by Crippen LogP contribution is 2.39. The number of esters is 1. The molecule has 7 nitrogen and oxygen atoms in total. The summed E-state index contributed by atoms with van der Waals surface area (Å²) in [7, 11) is 0. The second kappa shape index (κ2) is 6.48. The van der Waals surface area contributed by atoms with Crippen molar-refractivity contribution >= 4 is 34.1 Å². The Morgan fingerprint density at radius 1 is 1.29 bits per heavy atom. The number of rotatable bonds is 5. The Morgan fingerprint density at radius 2 is 2.04 bits per heavy atom. The zero-order valence-electron chi connectivity index (χ0n) is 13.0. The van der Waals surface area contributed by atoms with Gasteiger partial charge in [-0.05, 0) is 43.9 Å². The summed E-state index contributed by atoms with van der Waals surface area (Å²) in [6.45, 7) is 1.99. The fourth-order valence-electron chi connectivity index (χ4n) is 2.67. The van der Waals surface area contributed by atoms with Crippen molar-refractivity contribution < 1.29 is 23.5 Å². The minimum atomic E-state index is -0.753. The van der Waals surface area contributed by atoms with Crippen LogP contribution < -0.4 is 11.1 Å². The van der Waals surface area contributed by atoms with E-state index in [-0.39, 0.29) is 18.1 Å². The van der Waals surface area contributed by atoms with Crippen molar-refractivity contribution in [3.05, 3.63) is 39.7 Å². The first-order valence-corrected chi connectivity index (χ1v) is 8.35. The Balaban J connectivity index is 1.87. The van der Waals surface area contributed by atoms with Crippen LogP contribution in [0.3, 0.4) is 0 Å². The van der Waals surface area contributed by atoms with E-state index >= 15 is 0 Å². The van der Waals surface area contributed by atoms with Gasteiger partial charge in [-0.1, -0.05) is 0 Å². The van der Waals surface area contributed by atoms with Crippen LogP contribution in [0.2, 0.25) is 0 Å². The summed E-state index contributed by atoms with van der Waals surface area (Å²) in [6.07, 6.45) is 2.67. The van der Waals surface area contributed by atoms with Crippen LogP contribution in [-0.2, 0) is 17.6 Å². The number of aryl methyl sites for hydroxylation is 1. The number of nitrogens with one attached hydrogen (secondary N) is 1. The van der Waals surface area contributed by atoms with Crippen LogP contribution in [0.5, 0.6) is 0 Å². The molecule has 1 aliphatic carbocycles. The summed E-state index contributed by atoms with van der Waals surface area (Å²) in [5.74, 6) is -1.89. The number of hydrogen-bond acceptors (Lipinski definition) is 6. The zero-order chi connectivity index (χ0) is 17.3. The molecular formula is C16H16N2O5S. The van der Waals surface area contributed by atoms with Crippen molar-refractivity contribution in [2.75, 3.05) is 11.9 Å². The van der Waals surface area contributed by atoms with E-state index in [0.717, 1.165) is 29.7 Å². The molecule has 0 radical (unpaired) electrons. The quantitative estimate of drug-likeness (QED) is 0.806. The lowest BCUT2D eigenvalue weighted by Crippen LogP contribution is -2.15. The normalized spacial score (nSPS) is 12.7. The van der Waals surface area contributed by atoms with Gasteiger partial charge in [0.2, 0.25) is 0 Å². The van der Waals surface area contributed by atoms with Gasteiger partial charge >= 0.3 is 5.97 Å². The minimum absolute atomic E-state index is 0.0489. The monoisotopic (exact) mass is 348 g/mol. The molecule has 2 heterocycles. The lowest BCUT2D eigenvalue weighted by Gasteiger charge is -2.07. The summed E-state index contributed by atoms with van der Waals surface area (Å²) in [4.78, 5) is 36.7. The second-order valence-corrected chi connectivity index (χ2v) is 6.37. The molecule has 0 atom stereocenters. The smallest absolute Gasteiger partial charge is 0.341 e. The number of amides is 2. The molecule has 2 amide bonds. The van der Waals surface area contributed by atoms with E-state index in [4.69, 9.17) is 14.9 Å². The van der Waals surface area contributed by atoms with Gasteiger partial charge in [0.25, 0.3) is 11.8 Å². The van der Waals surface area contributed by atoms with Gasteiger partial charge in [0, 0.05) is 4.88 Å². The predicted octanol–water partition coefficient (Wildman–Crippen LogP) is 2.36. The topological polar surface area (TPSA) is 112 Å². The molecule has 0 unspecified atom stereocenters. The van der Waals surface area contributed by atoms with Gasteiger partial charge in [-0.15, -0.1) is 11.3 Å². The minimum Gasteiger partial charge on any atom is -0.462 e. The molecule has 8 heteroatoms. The maximum atomic E-state index is 12.3. The third-order valence-corrected chi connectivity index (χ3v) is 4.91. The highest BCUT2D eigenvalue weighted by molar-refractivity contribution is 7.17. The Morgan fingerprint density at radius 3 is 2.71 bits per heavy atom. The fraction of sp³-hybridized carbons (Fsp3) is 0.312. The molecule has 0 fully saturated rings. The number of furan rings is 1. The number of ether oxygens (including phenoxy) is 1. The first-order chi connectivity index (χ1) is 11.5. The van der Waals surface area contributed by atoms with E-state index in [1.54, 1.807) is 6.92 Å². The van der Waals surface area contributed by atoms with Crippen molar-refractivity contribution in [1.82, 2.24) is 0 Å². The van der Waals surface area contributed by atoms with Crippen molar-refractivity contribution in [2.24, 2.45) is 5.73 Å². The Labute approximate surface area is 141 Å². The lowest BCUT2D eigenvalue weighted by molar-refractivity contribution is 0.0527. The molecule has 126 valence electrons. The zero-order valence-corrected chi connectivity index (χ0v) is 13.8. The molecule has 2 aromatic rings. The molecule has 0 saturated carbocycles. The largest absolute Gasteiger partial charge is 0.462 e. The molecule has 0 aromatic carbocycles. The average Bonchev–Trinajstić information content (AvgIpc) is 3.22. The summed E-state index contributed by atoms with van der Waals surface area (Å²) in [5.41, 5.74) is 6.47. The van der Waals surface area contributed by atoms with Crippen LogP contribution in [0.4, 0.5) is 5.00 Å². The van der Waals surface area contributed by atoms with Gasteiger partial charge in [0.1, 0.15) is 5.00 Å². The number of carbonyl (C=O) groups excluding carboxylic acids is 3. The summed E-state index contributed by atoms with van der Waals surface area (Å²) >= 11 is 1.37. The number of fused-ring (bicyclic) bond motifs is 1. The maximum absolute atomic E-state index is 12.3. The van der Waals surface area contributed by atoms with Crippen LogP contribution in [0.15, 0.2) is 16.5 Å². The molecule has 2 aromatic heterocycles. The predicted molar refractivity (Wildman–Crippen MR) is 87.5 cm³/mol. The summed E-state index contributed by atoms with van der Waals surface area (Å²) < 4.78 is 10.2. The van der Waals surface area contributed by atoms with Gasteiger partial charge < -0.3 is 20.2 Å².